The quantitative estimate of drug-likeness (QED) is 0.764. The van der Waals surface area contributed by atoms with E-state index in [4.69, 9.17) is 0 Å². The lowest BCUT2D eigenvalue weighted by Crippen LogP contribution is -2.28. The molecular weight excluding hydrogens is 304 g/mol. The van der Waals surface area contributed by atoms with Gasteiger partial charge in [0.05, 0.1) is 11.7 Å². The van der Waals surface area contributed by atoms with Gasteiger partial charge in [-0.2, -0.15) is 0 Å². The van der Waals surface area contributed by atoms with Gasteiger partial charge in [0.15, 0.2) is 0 Å². The molecule has 1 aromatic carbocycles. The van der Waals surface area contributed by atoms with E-state index in [1.165, 1.54) is 4.88 Å². The second kappa shape index (κ2) is 7.20. The predicted octanol–water partition coefficient (Wildman–Crippen LogP) is 4.22. The number of hydrogen-bond acceptors (Lipinski definition) is 3. The highest BCUT2D eigenvalue weighted by atomic mass is 32.1. The lowest BCUT2D eigenvalue weighted by molar-refractivity contribution is 0.0938. The first kappa shape index (κ1) is 15.4. The van der Waals surface area contributed by atoms with Crippen LogP contribution in [0.5, 0.6) is 0 Å². The maximum atomic E-state index is 12.6. The Morgan fingerprint density at radius 1 is 1.13 bits per heavy atom. The zero-order chi connectivity index (χ0) is 16.1. The summed E-state index contributed by atoms with van der Waals surface area (Å²) in [7, 11) is 0. The Hall–Kier alpha value is -2.46. The molecule has 116 valence electrons. The van der Waals surface area contributed by atoms with E-state index in [1.54, 1.807) is 17.5 Å². The average molecular weight is 322 g/mol. The van der Waals surface area contributed by atoms with Crippen molar-refractivity contribution >= 4 is 17.2 Å². The normalized spacial score (nSPS) is 11.9. The van der Waals surface area contributed by atoms with E-state index in [0.29, 0.717) is 0 Å². The number of rotatable bonds is 5. The Morgan fingerprint density at radius 2 is 1.96 bits per heavy atom. The highest BCUT2D eigenvalue weighted by Gasteiger charge is 2.15. The van der Waals surface area contributed by atoms with Crippen molar-refractivity contribution in [1.82, 2.24) is 10.3 Å². The molecule has 1 amide bonds. The van der Waals surface area contributed by atoms with Crippen molar-refractivity contribution in [3.05, 3.63) is 87.9 Å². The first-order chi connectivity index (χ1) is 11.2. The highest BCUT2D eigenvalue weighted by Crippen LogP contribution is 2.19. The first-order valence-corrected chi connectivity index (χ1v) is 8.44. The van der Waals surface area contributed by atoms with E-state index in [1.807, 2.05) is 55.5 Å². The summed E-state index contributed by atoms with van der Waals surface area (Å²) >= 11 is 1.71. The Morgan fingerprint density at radius 3 is 2.70 bits per heavy atom. The van der Waals surface area contributed by atoms with E-state index < -0.39 is 0 Å². The van der Waals surface area contributed by atoms with E-state index in [-0.39, 0.29) is 11.9 Å². The minimum absolute atomic E-state index is 0.0599. The number of aromatic nitrogens is 1. The number of carbonyl (C=O) groups is 1. The number of amides is 1. The number of nitrogens with zero attached hydrogens (tertiary/aromatic N) is 1. The molecule has 1 N–H and O–H groups in total. The molecule has 2 heterocycles. The topological polar surface area (TPSA) is 42.0 Å². The Bertz CT molecular complexity index is 769. The molecule has 1 unspecified atom stereocenters. The standard InChI is InChI=1S/C19H18N2OS/c1-14(18-10-4-5-11-20-18)21-19(22)17-9-3-2-7-15(17)13-16-8-6-12-23-16/h2-12,14H,13H2,1H3,(H,21,22). The molecule has 0 fully saturated rings. The third-order valence-electron chi connectivity index (χ3n) is 3.69. The second-order valence-electron chi connectivity index (χ2n) is 5.36. The van der Waals surface area contributed by atoms with E-state index in [9.17, 15) is 4.79 Å². The molecule has 0 saturated carbocycles. The maximum absolute atomic E-state index is 12.6. The lowest BCUT2D eigenvalue weighted by atomic mass is 10.0. The fourth-order valence-corrected chi connectivity index (χ4v) is 3.21. The minimum atomic E-state index is -0.126. The summed E-state index contributed by atoms with van der Waals surface area (Å²) in [6.07, 6.45) is 2.52. The summed E-state index contributed by atoms with van der Waals surface area (Å²) in [6, 6.07) is 17.5. The molecule has 0 aliphatic carbocycles. The van der Waals surface area contributed by atoms with Crippen LogP contribution in [0.25, 0.3) is 0 Å². The smallest absolute Gasteiger partial charge is 0.252 e. The lowest BCUT2D eigenvalue weighted by Gasteiger charge is -2.15. The molecule has 0 aliphatic rings. The molecule has 3 nitrogen and oxygen atoms in total. The summed E-state index contributed by atoms with van der Waals surface area (Å²) in [5.41, 5.74) is 2.63. The van der Waals surface area contributed by atoms with Crippen LogP contribution in [0.2, 0.25) is 0 Å². The number of thiophene rings is 1. The van der Waals surface area contributed by atoms with Crippen LogP contribution in [0, 0.1) is 0 Å². The fourth-order valence-electron chi connectivity index (χ4n) is 2.48. The second-order valence-corrected chi connectivity index (χ2v) is 6.40. The Balaban J connectivity index is 1.77. The summed E-state index contributed by atoms with van der Waals surface area (Å²) in [5, 5.41) is 5.09. The zero-order valence-electron chi connectivity index (χ0n) is 12.9. The van der Waals surface area contributed by atoms with Gasteiger partial charge in [-0.05, 0) is 42.1 Å². The van der Waals surface area contributed by atoms with Gasteiger partial charge in [-0.3, -0.25) is 9.78 Å². The van der Waals surface area contributed by atoms with Crippen molar-refractivity contribution in [3.63, 3.8) is 0 Å². The van der Waals surface area contributed by atoms with Gasteiger partial charge in [0, 0.05) is 23.1 Å². The molecule has 0 bridgehead atoms. The fraction of sp³-hybridized carbons (Fsp3) is 0.158. The van der Waals surface area contributed by atoms with Crippen LogP contribution in [0.15, 0.2) is 66.2 Å². The molecule has 23 heavy (non-hydrogen) atoms. The van der Waals surface area contributed by atoms with Gasteiger partial charge in [-0.25, -0.2) is 0 Å². The number of nitrogens with one attached hydrogen (secondary N) is 1. The minimum Gasteiger partial charge on any atom is -0.344 e. The first-order valence-electron chi connectivity index (χ1n) is 7.56. The monoisotopic (exact) mass is 322 g/mol. The van der Waals surface area contributed by atoms with E-state index in [2.05, 4.69) is 21.7 Å². The number of benzene rings is 1. The van der Waals surface area contributed by atoms with Crippen LogP contribution in [0.1, 0.15) is 39.5 Å². The summed E-state index contributed by atoms with van der Waals surface area (Å²) in [6.45, 7) is 1.95. The maximum Gasteiger partial charge on any atom is 0.252 e. The molecule has 0 aliphatic heterocycles. The van der Waals surface area contributed by atoms with Crippen molar-refractivity contribution in [3.8, 4) is 0 Å². The van der Waals surface area contributed by atoms with Crippen LogP contribution in [0.3, 0.4) is 0 Å². The van der Waals surface area contributed by atoms with E-state index in [0.717, 1.165) is 23.2 Å². The molecule has 3 rings (SSSR count). The predicted molar refractivity (Wildman–Crippen MR) is 93.7 cm³/mol. The molecule has 2 aromatic heterocycles. The van der Waals surface area contributed by atoms with Gasteiger partial charge in [0.25, 0.3) is 5.91 Å². The third-order valence-corrected chi connectivity index (χ3v) is 4.56. The molecule has 1 atom stereocenters. The van der Waals surface area contributed by atoms with Crippen LogP contribution in [-0.2, 0) is 6.42 Å². The van der Waals surface area contributed by atoms with Gasteiger partial charge in [0.2, 0.25) is 0 Å². The Kier molecular flexibility index (Phi) is 4.83. The van der Waals surface area contributed by atoms with Crippen molar-refractivity contribution in [2.24, 2.45) is 0 Å². The third kappa shape index (κ3) is 3.85. The van der Waals surface area contributed by atoms with Gasteiger partial charge in [0.1, 0.15) is 0 Å². The molecule has 0 spiro atoms. The summed E-state index contributed by atoms with van der Waals surface area (Å²) in [4.78, 5) is 18.2. The SMILES string of the molecule is CC(NC(=O)c1ccccc1Cc1cccs1)c1ccccn1. The van der Waals surface area contributed by atoms with Gasteiger partial charge < -0.3 is 5.32 Å². The molecule has 4 heteroatoms. The largest absolute Gasteiger partial charge is 0.344 e. The van der Waals surface area contributed by atoms with Crippen molar-refractivity contribution < 1.29 is 4.79 Å². The molecular formula is C19H18N2OS. The summed E-state index contributed by atoms with van der Waals surface area (Å²) < 4.78 is 0. The molecule has 0 saturated heterocycles. The highest BCUT2D eigenvalue weighted by molar-refractivity contribution is 7.09. The average Bonchev–Trinajstić information content (AvgIpc) is 3.09. The van der Waals surface area contributed by atoms with Gasteiger partial charge in [-0.1, -0.05) is 30.3 Å². The van der Waals surface area contributed by atoms with Crippen LogP contribution < -0.4 is 5.32 Å². The number of hydrogen-bond donors (Lipinski definition) is 1. The zero-order valence-corrected chi connectivity index (χ0v) is 13.7. The molecule has 0 radical (unpaired) electrons. The molecule has 3 aromatic rings. The van der Waals surface area contributed by atoms with Gasteiger partial charge >= 0.3 is 0 Å². The Labute approximate surface area is 140 Å². The van der Waals surface area contributed by atoms with Crippen LogP contribution in [-0.4, -0.2) is 10.9 Å². The van der Waals surface area contributed by atoms with Crippen LogP contribution in [0.4, 0.5) is 0 Å². The summed E-state index contributed by atoms with van der Waals surface area (Å²) in [5.74, 6) is -0.0599. The number of pyridine rings is 1. The van der Waals surface area contributed by atoms with E-state index >= 15 is 0 Å². The van der Waals surface area contributed by atoms with Crippen molar-refractivity contribution in [2.45, 2.75) is 19.4 Å². The van der Waals surface area contributed by atoms with Gasteiger partial charge in [-0.15, -0.1) is 11.3 Å². The van der Waals surface area contributed by atoms with Crippen LogP contribution >= 0.6 is 11.3 Å². The van der Waals surface area contributed by atoms with Crippen molar-refractivity contribution in [1.29, 1.82) is 0 Å². The van der Waals surface area contributed by atoms with Crippen molar-refractivity contribution in [2.75, 3.05) is 0 Å². The number of carbonyl (C=O) groups excluding carboxylic acids is 1.